The summed E-state index contributed by atoms with van der Waals surface area (Å²) in [6.07, 6.45) is 4.77. The first kappa shape index (κ1) is 12.5. The zero-order valence-electron chi connectivity index (χ0n) is 10.9. The minimum Gasteiger partial charge on any atom is -0.399 e. The van der Waals surface area contributed by atoms with Crippen molar-refractivity contribution < 1.29 is 9.18 Å². The van der Waals surface area contributed by atoms with Crippen molar-refractivity contribution in [3.63, 3.8) is 0 Å². The first-order valence-electron chi connectivity index (χ1n) is 6.98. The van der Waals surface area contributed by atoms with Crippen LogP contribution in [0.15, 0.2) is 18.2 Å². The van der Waals surface area contributed by atoms with Gasteiger partial charge in [-0.25, -0.2) is 4.39 Å². The SMILES string of the molecule is Nc1ccc(C(=O)N(CC2CC2)CC2CC2)c(F)c1. The van der Waals surface area contributed by atoms with E-state index in [1.165, 1.54) is 37.8 Å². The Balaban J connectivity index is 1.76. The Bertz CT molecular complexity index is 481. The number of nitrogens with two attached hydrogens (primary N) is 1. The number of rotatable bonds is 5. The number of amides is 1. The summed E-state index contributed by atoms with van der Waals surface area (Å²) in [5.74, 6) is 0.553. The molecular formula is C15H19FN2O. The summed E-state index contributed by atoms with van der Waals surface area (Å²) in [6, 6.07) is 4.31. The average Bonchev–Trinajstić information content (AvgIpc) is 3.22. The first-order chi connectivity index (χ1) is 9.13. The molecule has 1 amide bonds. The second kappa shape index (κ2) is 4.83. The Morgan fingerprint density at radius 3 is 2.26 bits per heavy atom. The van der Waals surface area contributed by atoms with Gasteiger partial charge in [-0.2, -0.15) is 0 Å². The van der Waals surface area contributed by atoms with Gasteiger partial charge in [0, 0.05) is 18.8 Å². The van der Waals surface area contributed by atoms with Crippen molar-refractivity contribution in [3.05, 3.63) is 29.6 Å². The van der Waals surface area contributed by atoms with E-state index in [1.807, 2.05) is 4.90 Å². The van der Waals surface area contributed by atoms with Crippen LogP contribution in [0.4, 0.5) is 10.1 Å². The van der Waals surface area contributed by atoms with Gasteiger partial charge in [0.05, 0.1) is 5.56 Å². The number of carbonyl (C=O) groups excluding carboxylic acids is 1. The molecule has 2 aliphatic rings. The molecule has 0 spiro atoms. The lowest BCUT2D eigenvalue weighted by molar-refractivity contribution is 0.0735. The Morgan fingerprint density at radius 1 is 1.21 bits per heavy atom. The van der Waals surface area contributed by atoms with E-state index in [2.05, 4.69) is 0 Å². The fraction of sp³-hybridized carbons (Fsp3) is 0.533. The summed E-state index contributed by atoms with van der Waals surface area (Å²) >= 11 is 0. The number of hydrogen-bond acceptors (Lipinski definition) is 2. The van der Waals surface area contributed by atoms with E-state index in [4.69, 9.17) is 5.73 Å². The standard InChI is InChI=1S/C15H19FN2O/c16-14-7-12(17)5-6-13(14)15(19)18(8-10-1-2-10)9-11-3-4-11/h5-7,10-11H,1-4,8-9,17H2. The topological polar surface area (TPSA) is 46.3 Å². The van der Waals surface area contributed by atoms with E-state index >= 15 is 0 Å². The van der Waals surface area contributed by atoms with Gasteiger partial charge < -0.3 is 10.6 Å². The number of benzene rings is 1. The van der Waals surface area contributed by atoms with Gasteiger partial charge in [0.25, 0.3) is 5.91 Å². The lowest BCUT2D eigenvalue weighted by Crippen LogP contribution is -2.35. The van der Waals surface area contributed by atoms with Gasteiger partial charge in [-0.15, -0.1) is 0 Å². The maximum atomic E-state index is 13.8. The molecule has 3 nitrogen and oxygen atoms in total. The normalized spacial score (nSPS) is 18.4. The van der Waals surface area contributed by atoms with Crippen molar-refractivity contribution in [2.45, 2.75) is 25.7 Å². The minimum absolute atomic E-state index is 0.149. The van der Waals surface area contributed by atoms with Gasteiger partial charge in [-0.05, 0) is 55.7 Å². The third kappa shape index (κ3) is 3.06. The van der Waals surface area contributed by atoms with Gasteiger partial charge in [0.1, 0.15) is 5.82 Å². The summed E-state index contributed by atoms with van der Waals surface area (Å²) in [7, 11) is 0. The van der Waals surface area contributed by atoms with Crippen LogP contribution in [-0.2, 0) is 0 Å². The van der Waals surface area contributed by atoms with E-state index in [-0.39, 0.29) is 11.5 Å². The van der Waals surface area contributed by atoms with E-state index in [9.17, 15) is 9.18 Å². The molecule has 0 bridgehead atoms. The number of hydrogen-bond donors (Lipinski definition) is 1. The molecule has 0 heterocycles. The van der Waals surface area contributed by atoms with Crippen LogP contribution >= 0.6 is 0 Å². The van der Waals surface area contributed by atoms with Crippen LogP contribution in [0.1, 0.15) is 36.0 Å². The fourth-order valence-electron chi connectivity index (χ4n) is 2.34. The molecular weight excluding hydrogens is 243 g/mol. The first-order valence-corrected chi connectivity index (χ1v) is 6.98. The molecule has 0 radical (unpaired) electrons. The molecule has 102 valence electrons. The zero-order chi connectivity index (χ0) is 13.4. The van der Waals surface area contributed by atoms with Crippen LogP contribution in [0.2, 0.25) is 0 Å². The molecule has 2 aliphatic carbocycles. The van der Waals surface area contributed by atoms with Crippen molar-refractivity contribution in [3.8, 4) is 0 Å². The molecule has 0 unspecified atom stereocenters. The van der Waals surface area contributed by atoms with Crippen molar-refractivity contribution in [2.75, 3.05) is 18.8 Å². The van der Waals surface area contributed by atoms with Crippen LogP contribution in [0, 0.1) is 17.7 Å². The summed E-state index contributed by atoms with van der Waals surface area (Å²) in [4.78, 5) is 14.3. The van der Waals surface area contributed by atoms with Gasteiger partial charge in [0.15, 0.2) is 0 Å². The number of anilines is 1. The molecule has 0 saturated heterocycles. The minimum atomic E-state index is -0.512. The van der Waals surface area contributed by atoms with Gasteiger partial charge in [-0.1, -0.05) is 0 Å². The number of halogens is 1. The third-order valence-corrected chi connectivity index (χ3v) is 3.86. The summed E-state index contributed by atoms with van der Waals surface area (Å²) < 4.78 is 13.8. The molecule has 0 aromatic heterocycles. The highest BCUT2D eigenvalue weighted by Crippen LogP contribution is 2.34. The molecule has 2 N–H and O–H groups in total. The monoisotopic (exact) mass is 262 g/mol. The Kier molecular flexibility index (Phi) is 3.17. The lowest BCUT2D eigenvalue weighted by Gasteiger charge is -2.23. The van der Waals surface area contributed by atoms with Gasteiger partial charge in [0.2, 0.25) is 0 Å². The number of nitrogen functional groups attached to an aromatic ring is 1. The highest BCUT2D eigenvalue weighted by atomic mass is 19.1. The van der Waals surface area contributed by atoms with Crippen molar-refractivity contribution in [1.29, 1.82) is 0 Å². The maximum absolute atomic E-state index is 13.8. The average molecular weight is 262 g/mol. The Morgan fingerprint density at radius 2 is 1.79 bits per heavy atom. The Hall–Kier alpha value is -1.58. The lowest BCUT2D eigenvalue weighted by atomic mass is 10.1. The summed E-state index contributed by atoms with van der Waals surface area (Å²) in [6.45, 7) is 1.55. The van der Waals surface area contributed by atoms with E-state index in [0.717, 1.165) is 13.1 Å². The number of nitrogens with zero attached hydrogens (tertiary/aromatic N) is 1. The van der Waals surface area contributed by atoms with E-state index in [0.29, 0.717) is 17.5 Å². The summed E-state index contributed by atoms with van der Waals surface area (Å²) in [5.41, 5.74) is 6.02. The van der Waals surface area contributed by atoms with Crippen molar-refractivity contribution >= 4 is 11.6 Å². The molecule has 1 aromatic rings. The molecule has 3 rings (SSSR count). The van der Waals surface area contributed by atoms with Crippen LogP contribution < -0.4 is 5.73 Å². The fourth-order valence-corrected chi connectivity index (χ4v) is 2.34. The molecule has 4 heteroatoms. The predicted octanol–water partition coefficient (Wildman–Crippen LogP) is 2.67. The van der Waals surface area contributed by atoms with Gasteiger partial charge >= 0.3 is 0 Å². The molecule has 2 saturated carbocycles. The molecule has 2 fully saturated rings. The second-order valence-electron chi connectivity index (χ2n) is 5.84. The van der Waals surface area contributed by atoms with Crippen LogP contribution in [0.5, 0.6) is 0 Å². The summed E-state index contributed by atoms with van der Waals surface area (Å²) in [5, 5.41) is 0. The molecule has 19 heavy (non-hydrogen) atoms. The highest BCUT2D eigenvalue weighted by Gasteiger charge is 2.32. The predicted molar refractivity (Wildman–Crippen MR) is 72.2 cm³/mol. The van der Waals surface area contributed by atoms with Crippen molar-refractivity contribution in [2.24, 2.45) is 11.8 Å². The largest absolute Gasteiger partial charge is 0.399 e. The molecule has 0 aliphatic heterocycles. The Labute approximate surface area is 112 Å². The van der Waals surface area contributed by atoms with Crippen molar-refractivity contribution in [1.82, 2.24) is 4.90 Å². The van der Waals surface area contributed by atoms with E-state index in [1.54, 1.807) is 6.07 Å². The smallest absolute Gasteiger partial charge is 0.256 e. The third-order valence-electron chi connectivity index (χ3n) is 3.86. The maximum Gasteiger partial charge on any atom is 0.256 e. The quantitative estimate of drug-likeness (QED) is 0.829. The second-order valence-corrected chi connectivity index (χ2v) is 5.84. The highest BCUT2D eigenvalue weighted by molar-refractivity contribution is 5.94. The van der Waals surface area contributed by atoms with Crippen LogP contribution in [0.3, 0.4) is 0 Å². The number of carbonyl (C=O) groups is 1. The van der Waals surface area contributed by atoms with Crippen LogP contribution in [0.25, 0.3) is 0 Å². The van der Waals surface area contributed by atoms with E-state index < -0.39 is 5.82 Å². The van der Waals surface area contributed by atoms with Gasteiger partial charge in [-0.3, -0.25) is 4.79 Å². The van der Waals surface area contributed by atoms with Crippen LogP contribution in [-0.4, -0.2) is 23.9 Å². The zero-order valence-corrected chi connectivity index (χ0v) is 10.9. The molecule has 1 aromatic carbocycles. The molecule has 0 atom stereocenters.